The van der Waals surface area contributed by atoms with Crippen molar-refractivity contribution in [1.82, 2.24) is 20.1 Å². The van der Waals surface area contributed by atoms with E-state index in [1.165, 1.54) is 23.4 Å². The Morgan fingerprint density at radius 2 is 2.42 bits per heavy atom. The third-order valence-electron chi connectivity index (χ3n) is 4.03. The monoisotopic (exact) mass is 344 g/mol. The van der Waals surface area contributed by atoms with Gasteiger partial charge in [-0.15, -0.1) is 11.3 Å². The van der Waals surface area contributed by atoms with E-state index < -0.39 is 0 Å². The molecule has 0 aliphatic carbocycles. The molecule has 3 aromatic heterocycles. The molecule has 4 heterocycles. The van der Waals surface area contributed by atoms with E-state index >= 15 is 0 Å². The highest BCUT2D eigenvalue weighted by Gasteiger charge is 2.22. The summed E-state index contributed by atoms with van der Waals surface area (Å²) in [6.07, 6.45) is 2.14. The lowest BCUT2D eigenvalue weighted by molar-refractivity contribution is 0.0943. The maximum Gasteiger partial charge on any atom is 0.274 e. The molecule has 1 aliphatic rings. The molecule has 0 spiro atoms. The highest BCUT2D eigenvalue weighted by atomic mass is 32.1. The number of amides is 1. The number of ether oxygens (including phenoxy) is 1. The van der Waals surface area contributed by atoms with Gasteiger partial charge < -0.3 is 14.5 Å². The number of carbonyl (C=O) groups excluding carboxylic acids is 1. The first-order valence-corrected chi connectivity index (χ1v) is 8.49. The summed E-state index contributed by atoms with van der Waals surface area (Å²) in [6.45, 7) is 1.59. The van der Waals surface area contributed by atoms with Crippen LogP contribution >= 0.6 is 11.3 Å². The summed E-state index contributed by atoms with van der Waals surface area (Å²) < 4.78 is 12.7. The van der Waals surface area contributed by atoms with Gasteiger partial charge in [0.25, 0.3) is 5.91 Å². The van der Waals surface area contributed by atoms with E-state index in [2.05, 4.69) is 15.4 Å². The molecule has 7 nitrogen and oxygen atoms in total. The lowest BCUT2D eigenvalue weighted by Crippen LogP contribution is -2.24. The van der Waals surface area contributed by atoms with Gasteiger partial charge >= 0.3 is 0 Å². The molecule has 8 heteroatoms. The van der Waals surface area contributed by atoms with E-state index in [0.29, 0.717) is 31.2 Å². The molecule has 0 bridgehead atoms. The minimum atomic E-state index is -0.275. The van der Waals surface area contributed by atoms with Crippen molar-refractivity contribution in [2.75, 3.05) is 6.61 Å². The van der Waals surface area contributed by atoms with Crippen LogP contribution in [-0.2, 0) is 31.4 Å². The Kier molecular flexibility index (Phi) is 3.91. The van der Waals surface area contributed by atoms with Gasteiger partial charge in [0.15, 0.2) is 17.8 Å². The topological polar surface area (TPSA) is 82.2 Å². The molecular weight excluding hydrogens is 328 g/mol. The highest BCUT2D eigenvalue weighted by Crippen LogP contribution is 2.27. The fourth-order valence-electron chi connectivity index (χ4n) is 2.87. The van der Waals surface area contributed by atoms with Gasteiger partial charge in [-0.25, -0.2) is 4.98 Å². The van der Waals surface area contributed by atoms with Crippen molar-refractivity contribution in [3.63, 3.8) is 0 Å². The number of nitrogens with one attached hydrogen (secondary N) is 1. The number of carbonyl (C=O) groups is 1. The Morgan fingerprint density at radius 1 is 1.50 bits per heavy atom. The molecule has 0 radical (unpaired) electrons. The number of thiophene rings is 1. The summed E-state index contributed by atoms with van der Waals surface area (Å²) in [7, 11) is 1.92. The molecular formula is C16H16N4O3S. The van der Waals surface area contributed by atoms with Crippen LogP contribution in [0.5, 0.6) is 0 Å². The van der Waals surface area contributed by atoms with Gasteiger partial charge in [-0.3, -0.25) is 9.48 Å². The predicted octanol–water partition coefficient (Wildman–Crippen LogP) is 2.14. The van der Waals surface area contributed by atoms with Gasteiger partial charge in [-0.05, 0) is 11.4 Å². The van der Waals surface area contributed by atoms with E-state index in [1.54, 1.807) is 0 Å². The minimum absolute atomic E-state index is 0.275. The van der Waals surface area contributed by atoms with Gasteiger partial charge in [0, 0.05) is 24.7 Å². The molecule has 0 fully saturated rings. The van der Waals surface area contributed by atoms with Gasteiger partial charge in [0.05, 0.1) is 30.3 Å². The largest absolute Gasteiger partial charge is 0.442 e. The van der Waals surface area contributed by atoms with Crippen molar-refractivity contribution in [2.24, 2.45) is 7.05 Å². The first-order chi connectivity index (χ1) is 11.7. The SMILES string of the molecule is Cn1nc(CNC(=O)c2ncoc2-c2cccs2)c2c1CCOC2. The van der Waals surface area contributed by atoms with Gasteiger partial charge in [0.1, 0.15) is 0 Å². The second-order valence-electron chi connectivity index (χ2n) is 5.49. The van der Waals surface area contributed by atoms with Crippen LogP contribution in [0.15, 0.2) is 28.3 Å². The van der Waals surface area contributed by atoms with Crippen LogP contribution in [0.25, 0.3) is 10.6 Å². The molecule has 24 heavy (non-hydrogen) atoms. The maximum atomic E-state index is 12.5. The number of oxazole rings is 1. The average Bonchev–Trinajstić information content (AvgIpc) is 3.33. The van der Waals surface area contributed by atoms with Gasteiger partial charge in [-0.2, -0.15) is 5.10 Å². The normalized spacial score (nSPS) is 13.7. The molecule has 4 rings (SSSR count). The van der Waals surface area contributed by atoms with Crippen molar-refractivity contribution >= 4 is 17.2 Å². The third kappa shape index (κ3) is 2.63. The zero-order chi connectivity index (χ0) is 16.5. The summed E-state index contributed by atoms with van der Waals surface area (Å²) >= 11 is 1.50. The van der Waals surface area contributed by atoms with E-state index in [-0.39, 0.29) is 5.91 Å². The molecule has 124 valence electrons. The van der Waals surface area contributed by atoms with E-state index in [0.717, 1.165) is 22.6 Å². The molecule has 1 amide bonds. The number of rotatable bonds is 4. The smallest absolute Gasteiger partial charge is 0.274 e. The van der Waals surface area contributed by atoms with Crippen LogP contribution in [0, 0.1) is 0 Å². The van der Waals surface area contributed by atoms with Crippen molar-refractivity contribution in [3.05, 3.63) is 46.6 Å². The molecule has 3 aromatic rings. The number of aromatic nitrogens is 3. The van der Waals surface area contributed by atoms with Crippen molar-refractivity contribution in [3.8, 4) is 10.6 Å². The minimum Gasteiger partial charge on any atom is -0.442 e. The Hall–Kier alpha value is -2.45. The van der Waals surface area contributed by atoms with E-state index in [4.69, 9.17) is 9.15 Å². The molecule has 0 saturated heterocycles. The zero-order valence-electron chi connectivity index (χ0n) is 13.1. The van der Waals surface area contributed by atoms with Crippen molar-refractivity contribution in [1.29, 1.82) is 0 Å². The molecule has 1 N–H and O–H groups in total. The molecule has 0 atom stereocenters. The summed E-state index contributed by atoms with van der Waals surface area (Å²) in [4.78, 5) is 17.4. The highest BCUT2D eigenvalue weighted by molar-refractivity contribution is 7.13. The fraction of sp³-hybridized carbons (Fsp3) is 0.312. The van der Waals surface area contributed by atoms with E-state index in [1.807, 2.05) is 29.2 Å². The average molecular weight is 344 g/mol. The van der Waals surface area contributed by atoms with Crippen molar-refractivity contribution < 1.29 is 13.9 Å². The van der Waals surface area contributed by atoms with Crippen LogP contribution in [0.4, 0.5) is 0 Å². The van der Waals surface area contributed by atoms with Gasteiger partial charge in [0.2, 0.25) is 0 Å². The molecule has 1 aliphatic heterocycles. The van der Waals surface area contributed by atoms with Crippen LogP contribution in [0.1, 0.15) is 27.4 Å². The Labute approximate surface area is 142 Å². The Balaban J connectivity index is 1.51. The summed E-state index contributed by atoms with van der Waals surface area (Å²) in [5.41, 5.74) is 3.37. The number of fused-ring (bicyclic) bond motifs is 1. The van der Waals surface area contributed by atoms with Crippen molar-refractivity contribution in [2.45, 2.75) is 19.6 Å². The van der Waals surface area contributed by atoms with Crippen LogP contribution < -0.4 is 5.32 Å². The number of hydrogen-bond acceptors (Lipinski definition) is 6. The summed E-state index contributed by atoms with van der Waals surface area (Å²) in [6, 6.07) is 3.80. The van der Waals surface area contributed by atoms with Crippen LogP contribution in [-0.4, -0.2) is 27.3 Å². The quantitative estimate of drug-likeness (QED) is 0.784. The molecule has 0 saturated carbocycles. The Bertz CT molecular complexity index is 866. The molecule has 0 unspecified atom stereocenters. The summed E-state index contributed by atoms with van der Waals surface area (Å²) in [5, 5.41) is 9.31. The zero-order valence-corrected chi connectivity index (χ0v) is 13.9. The standard InChI is InChI=1S/C16H16N4O3S/c1-20-12-4-5-22-8-10(12)11(19-20)7-17-16(21)14-15(23-9-18-14)13-3-2-6-24-13/h2-3,6,9H,4-5,7-8H2,1H3,(H,17,21). The summed E-state index contributed by atoms with van der Waals surface area (Å²) in [5.74, 6) is 0.220. The van der Waals surface area contributed by atoms with Crippen LogP contribution in [0.3, 0.4) is 0 Å². The second-order valence-corrected chi connectivity index (χ2v) is 6.44. The first kappa shape index (κ1) is 15.1. The molecule has 0 aromatic carbocycles. The lowest BCUT2D eigenvalue weighted by atomic mass is 10.1. The van der Waals surface area contributed by atoms with E-state index in [9.17, 15) is 4.79 Å². The van der Waals surface area contributed by atoms with Gasteiger partial charge in [-0.1, -0.05) is 6.07 Å². The number of hydrogen-bond donors (Lipinski definition) is 1. The maximum absolute atomic E-state index is 12.5. The number of nitrogens with zero attached hydrogens (tertiary/aromatic N) is 3. The second kappa shape index (κ2) is 6.21. The first-order valence-electron chi connectivity index (χ1n) is 7.61. The lowest BCUT2D eigenvalue weighted by Gasteiger charge is -2.13. The number of aryl methyl sites for hydroxylation is 1. The fourth-order valence-corrected chi connectivity index (χ4v) is 3.58. The third-order valence-corrected chi connectivity index (χ3v) is 4.90. The predicted molar refractivity (Wildman–Crippen MR) is 87.6 cm³/mol. The Morgan fingerprint density at radius 3 is 3.25 bits per heavy atom. The van der Waals surface area contributed by atoms with Crippen LogP contribution in [0.2, 0.25) is 0 Å².